The summed E-state index contributed by atoms with van der Waals surface area (Å²) in [7, 11) is 0. The van der Waals surface area contributed by atoms with E-state index in [4.69, 9.17) is 0 Å². The Balaban J connectivity index is 0.00000172. The molecule has 1 aliphatic heterocycles. The first-order chi connectivity index (χ1) is 42.3. The van der Waals surface area contributed by atoms with E-state index < -0.39 is 0 Å². The number of benzene rings is 2. The van der Waals surface area contributed by atoms with Crippen LogP contribution in [0.5, 0.6) is 0 Å². The molecule has 0 bridgehead atoms. The van der Waals surface area contributed by atoms with Crippen molar-refractivity contribution in [2.45, 2.75) is 429 Å². The first kappa shape index (κ1) is 85.0. The van der Waals surface area contributed by atoms with Gasteiger partial charge in [0.05, 0.1) is 0 Å². The SMILES string of the molecule is CCCCCc1c(CCCC)cc(C2=C(CCCC)C(CCCC)=C(c3cc(CCCC)c(CCCCC)c(CCCC)c3)[N+]2=[N-])cc1CCCC.[CH2-]CCCCCCCCCCCCCCCC.[CH2-]CCCCCCCCCCCCCCCC.[Ni+2]. The molecule has 0 radical (unpaired) electrons. The van der Waals surface area contributed by atoms with Crippen LogP contribution < -0.4 is 0 Å². The number of unbranched alkanes of at least 4 members (excludes halogenated alkanes) is 38. The van der Waals surface area contributed by atoms with Crippen molar-refractivity contribution in [3.05, 3.63) is 99.3 Å². The van der Waals surface area contributed by atoms with Crippen LogP contribution in [0.3, 0.4) is 0 Å². The predicted octanol–water partition coefficient (Wildman–Crippen LogP) is 29.5. The fourth-order valence-corrected chi connectivity index (χ4v) is 13.2. The summed E-state index contributed by atoms with van der Waals surface area (Å²) in [6.07, 6.45) is 73.6. The maximum Gasteiger partial charge on any atom is 2.00 e. The summed E-state index contributed by atoms with van der Waals surface area (Å²) in [6.45, 7) is 30.9. The first-order valence-corrected chi connectivity index (χ1v) is 39.1. The Morgan fingerprint density at radius 2 is 0.448 bits per heavy atom. The van der Waals surface area contributed by atoms with Crippen molar-refractivity contribution in [3.63, 3.8) is 0 Å². The van der Waals surface area contributed by atoms with E-state index in [1.807, 2.05) is 0 Å². The molecule has 1 aliphatic rings. The molecule has 0 unspecified atom stereocenters. The largest absolute Gasteiger partial charge is 2.00 e. The molecule has 0 spiro atoms. The first-order valence-electron chi connectivity index (χ1n) is 39.1. The quantitative estimate of drug-likeness (QED) is 0.0273. The number of nitrogens with zero attached hydrogens (tertiary/aromatic N) is 2. The van der Waals surface area contributed by atoms with Gasteiger partial charge in [0, 0.05) is 22.3 Å². The Morgan fingerprint density at radius 3 is 0.667 bits per heavy atom. The van der Waals surface area contributed by atoms with Gasteiger partial charge in [0.1, 0.15) is 0 Å². The van der Waals surface area contributed by atoms with E-state index >= 15 is 0 Å². The smallest absolute Gasteiger partial charge is 0.493 e. The third kappa shape index (κ3) is 39.2. The number of allylic oxidation sites excluding steroid dienone is 2. The molecule has 506 valence electrons. The Morgan fingerprint density at radius 1 is 0.253 bits per heavy atom. The molecule has 0 N–H and O–H groups in total. The molecular formula is C84H150N2Ni. The maximum atomic E-state index is 12.8. The summed E-state index contributed by atoms with van der Waals surface area (Å²) >= 11 is 0. The van der Waals surface area contributed by atoms with Gasteiger partial charge in [-0.2, -0.15) is 12.8 Å². The van der Waals surface area contributed by atoms with Crippen molar-refractivity contribution in [2.24, 2.45) is 0 Å². The van der Waals surface area contributed by atoms with Gasteiger partial charge >= 0.3 is 16.5 Å². The van der Waals surface area contributed by atoms with Crippen LogP contribution in [0.1, 0.15) is 435 Å². The Kier molecular flexibility index (Phi) is 60.1. The van der Waals surface area contributed by atoms with Gasteiger partial charge in [-0.1, -0.05) is 313 Å². The van der Waals surface area contributed by atoms with E-state index in [-0.39, 0.29) is 16.5 Å². The second-order valence-corrected chi connectivity index (χ2v) is 26.9. The average Bonchev–Trinajstić information content (AvgIpc) is 3.45. The van der Waals surface area contributed by atoms with E-state index in [2.05, 4.69) is 107 Å². The molecule has 0 aliphatic carbocycles. The second kappa shape index (κ2) is 61.5. The number of aryl methyl sites for hydroxylation is 4. The molecule has 1 heterocycles. The minimum Gasteiger partial charge on any atom is -0.493 e. The van der Waals surface area contributed by atoms with Gasteiger partial charge in [0.25, 0.3) is 0 Å². The molecule has 3 rings (SSSR count). The summed E-state index contributed by atoms with van der Waals surface area (Å²) < 4.78 is 1.70. The topological polar surface area (TPSA) is 25.3 Å². The Bertz CT molecular complexity index is 1730. The molecule has 2 aromatic carbocycles. The van der Waals surface area contributed by atoms with Crippen LogP contribution in [-0.2, 0) is 55.0 Å². The Hall–Kier alpha value is -1.99. The van der Waals surface area contributed by atoms with Crippen LogP contribution in [0.15, 0.2) is 35.4 Å². The van der Waals surface area contributed by atoms with Crippen LogP contribution in [0.2, 0.25) is 0 Å². The van der Waals surface area contributed by atoms with E-state index in [1.165, 1.54) is 305 Å². The van der Waals surface area contributed by atoms with Crippen LogP contribution in [0.25, 0.3) is 16.9 Å². The normalized spacial score (nSPS) is 12.3. The van der Waals surface area contributed by atoms with Crippen LogP contribution in [0, 0.1) is 13.8 Å². The van der Waals surface area contributed by atoms with Crippen molar-refractivity contribution >= 4 is 11.4 Å². The molecule has 2 nitrogen and oxygen atoms in total. The molecule has 0 aromatic heterocycles. The van der Waals surface area contributed by atoms with E-state index in [1.54, 1.807) is 38.1 Å². The molecule has 0 atom stereocenters. The molecule has 87 heavy (non-hydrogen) atoms. The maximum absolute atomic E-state index is 12.8. The monoisotopic (exact) mass is 1250 g/mol. The molecule has 0 saturated heterocycles. The van der Waals surface area contributed by atoms with Crippen LogP contribution in [-0.4, -0.2) is 4.70 Å². The fourth-order valence-electron chi connectivity index (χ4n) is 13.2. The standard InChI is InChI=1S/C50H80N2.2C17H35.Ni/c1-9-17-25-33-45-39(27-19-11-3)35-43(36-40(45)28-20-12-4)49-47(31-23-15-7)48(32-24-16-8)50(52(49)51)44-37-41(29-21-13-5)46(34-26-18-10-2)42(38-44)30-22-14-6;2*1-3-5-7-9-11-13-15-17-16-14-12-10-8-6-4-2;/h35-38H,9-34H2,1-8H3;2*1,3-17H2,2H3;/q;2*-1;+2. The van der Waals surface area contributed by atoms with Gasteiger partial charge < -0.3 is 19.4 Å². The van der Waals surface area contributed by atoms with E-state index in [0.717, 1.165) is 88.4 Å². The summed E-state index contributed by atoms with van der Waals surface area (Å²) in [5.74, 6) is 0. The zero-order chi connectivity index (χ0) is 62.9. The molecule has 0 fully saturated rings. The van der Waals surface area contributed by atoms with Crippen LogP contribution >= 0.6 is 0 Å². The second-order valence-electron chi connectivity index (χ2n) is 26.9. The van der Waals surface area contributed by atoms with Crippen molar-refractivity contribution < 1.29 is 21.2 Å². The number of hydrogen-bond acceptors (Lipinski definition) is 0. The zero-order valence-electron chi connectivity index (χ0n) is 60.5. The summed E-state index contributed by atoms with van der Waals surface area (Å²) in [5, 5.41) is 0. The van der Waals surface area contributed by atoms with E-state index in [9.17, 15) is 5.53 Å². The van der Waals surface area contributed by atoms with Crippen LogP contribution in [0.4, 0.5) is 0 Å². The van der Waals surface area contributed by atoms with Crippen molar-refractivity contribution in [3.8, 4) is 0 Å². The molecular weight excluding hydrogens is 1100 g/mol. The summed E-state index contributed by atoms with van der Waals surface area (Å²) in [4.78, 5) is 0. The van der Waals surface area contributed by atoms with E-state index in [0.29, 0.717) is 0 Å². The van der Waals surface area contributed by atoms with Gasteiger partial charge in [-0.15, -0.1) is 0 Å². The van der Waals surface area contributed by atoms with Crippen molar-refractivity contribution in [1.82, 2.24) is 0 Å². The number of rotatable bonds is 56. The zero-order valence-corrected chi connectivity index (χ0v) is 61.5. The van der Waals surface area contributed by atoms with Gasteiger partial charge in [-0.05, 0) is 160 Å². The third-order valence-corrected chi connectivity index (χ3v) is 18.8. The minimum absolute atomic E-state index is 0. The molecule has 0 saturated carbocycles. The van der Waals surface area contributed by atoms with Crippen molar-refractivity contribution in [2.75, 3.05) is 0 Å². The van der Waals surface area contributed by atoms with Gasteiger partial charge in [-0.3, -0.25) is 0 Å². The predicted molar refractivity (Wildman–Crippen MR) is 391 cm³/mol. The minimum atomic E-state index is 0. The summed E-state index contributed by atoms with van der Waals surface area (Å²) in [5.41, 5.74) is 29.7. The number of hydrogen-bond donors (Lipinski definition) is 0. The summed E-state index contributed by atoms with van der Waals surface area (Å²) in [6, 6.07) is 10.1. The van der Waals surface area contributed by atoms with Gasteiger partial charge in [0.15, 0.2) is 0 Å². The third-order valence-electron chi connectivity index (χ3n) is 18.8. The molecule has 2 aromatic rings. The Labute approximate surface area is 557 Å². The average molecular weight is 1250 g/mol. The van der Waals surface area contributed by atoms with Gasteiger partial charge in [-0.25, -0.2) is 4.70 Å². The fraction of sp³-hybridized carbons (Fsp3) is 0.786. The molecule has 3 heteroatoms. The molecule has 0 amide bonds. The van der Waals surface area contributed by atoms with Gasteiger partial charge in [0.2, 0.25) is 11.4 Å². The van der Waals surface area contributed by atoms with Crippen molar-refractivity contribution in [1.29, 1.82) is 0 Å².